The molecule has 1 saturated carbocycles. The van der Waals surface area contributed by atoms with Crippen molar-refractivity contribution in [1.29, 1.82) is 0 Å². The molecule has 2 aliphatic carbocycles. The van der Waals surface area contributed by atoms with Crippen molar-refractivity contribution in [3.63, 3.8) is 0 Å². The van der Waals surface area contributed by atoms with Gasteiger partial charge in [-0.2, -0.15) is 80.1 Å². The lowest BCUT2D eigenvalue weighted by Crippen LogP contribution is -2.63. The molecule has 90 heavy (non-hydrogen) atoms. The Morgan fingerprint density at radius 3 is 1.62 bits per heavy atom. The van der Waals surface area contributed by atoms with Gasteiger partial charge in [0.2, 0.25) is 0 Å². The molecule has 1 aromatic rings. The Hall–Kier alpha value is -2.57. The van der Waals surface area contributed by atoms with Crippen LogP contribution in [-0.4, -0.2) is 268 Å². The average molecular weight is 1500 g/mol. The van der Waals surface area contributed by atoms with Gasteiger partial charge >= 0.3 is 93.5 Å². The van der Waals surface area contributed by atoms with E-state index in [1.807, 2.05) is 0 Å². The largest absolute Gasteiger partial charge is 0.398 e. The van der Waals surface area contributed by atoms with Gasteiger partial charge in [-0.25, -0.2) is 38.1 Å². The van der Waals surface area contributed by atoms with E-state index in [1.54, 1.807) is 6.92 Å². The van der Waals surface area contributed by atoms with E-state index in [2.05, 4.69) is 31.2 Å². The number of nitrogens with zero attached hydrogens (tertiary/aromatic N) is 4. The molecule has 1 aromatic heterocycles. The van der Waals surface area contributed by atoms with Crippen LogP contribution in [0.3, 0.4) is 0 Å². The second-order valence-electron chi connectivity index (χ2n) is 19.1. The van der Waals surface area contributed by atoms with Crippen LogP contribution in [0.15, 0.2) is 17.8 Å². The maximum absolute atomic E-state index is 13.4. The van der Waals surface area contributed by atoms with Gasteiger partial charge in [-0.05, 0) is 32.3 Å². The number of ether oxygens (including phenoxy) is 7. The van der Waals surface area contributed by atoms with Crippen LogP contribution in [-0.2, 0) is 173 Å². The maximum Gasteiger partial charge on any atom is 0.398 e. The van der Waals surface area contributed by atoms with Gasteiger partial charge < -0.3 is 33.2 Å². The second kappa shape index (κ2) is 31.5. The predicted octanol–water partition coefficient (Wildman–Crippen LogP) is -4.78. The molecule has 0 radical (unpaired) electrons. The van der Waals surface area contributed by atoms with Gasteiger partial charge in [0.25, 0.3) is 0 Å². The maximum atomic E-state index is 13.4. The van der Waals surface area contributed by atoms with Crippen molar-refractivity contribution in [2.45, 2.75) is 145 Å². The zero-order chi connectivity index (χ0) is 67.8. The molecule has 15 atom stereocenters. The van der Waals surface area contributed by atoms with Crippen LogP contribution in [0.4, 0.5) is 0 Å². The number of hydrogen-bond acceptors (Lipinski definition) is 35. The first-order valence-corrected chi connectivity index (χ1v) is 37.2. The van der Waals surface area contributed by atoms with Gasteiger partial charge in [0, 0.05) is 37.8 Å². The van der Waals surface area contributed by atoms with Crippen molar-refractivity contribution in [1.82, 2.24) is 19.3 Å². The summed E-state index contributed by atoms with van der Waals surface area (Å²) >= 11 is 0. The lowest BCUT2D eigenvalue weighted by Gasteiger charge is -2.48. The van der Waals surface area contributed by atoms with Crippen LogP contribution in [0.1, 0.15) is 51.6 Å². The molecule has 0 spiro atoms. The molecule has 526 valence electrons. The molecule has 55 heteroatoms. The lowest BCUT2D eigenvalue weighted by molar-refractivity contribution is -0.321. The Morgan fingerprint density at radius 2 is 1.07 bits per heavy atom. The van der Waals surface area contributed by atoms with E-state index in [-0.39, 0.29) is 36.4 Å². The quantitative estimate of drug-likeness (QED) is 0.0173. The zero-order valence-corrected chi connectivity index (χ0v) is 53.0. The van der Waals surface area contributed by atoms with Crippen LogP contribution in [0.2, 0.25) is 0 Å². The minimum Gasteiger partial charge on any atom is -0.379 e. The summed E-state index contributed by atoms with van der Waals surface area (Å²) in [7, 11) is -51.7. The first-order valence-electron chi connectivity index (χ1n) is 24.9. The highest BCUT2D eigenvalue weighted by atomic mass is 32.3. The van der Waals surface area contributed by atoms with E-state index in [0.717, 1.165) is 6.92 Å². The van der Waals surface area contributed by atoms with Crippen molar-refractivity contribution in [2.24, 2.45) is 5.92 Å². The molecule has 9 N–H and O–H groups in total. The van der Waals surface area contributed by atoms with E-state index in [4.69, 9.17) is 45.7 Å². The van der Waals surface area contributed by atoms with Crippen molar-refractivity contribution >= 4 is 93.5 Å². The van der Waals surface area contributed by atoms with Gasteiger partial charge in [-0.15, -0.1) is 5.10 Å². The van der Waals surface area contributed by atoms with E-state index < -0.39 is 243 Å². The van der Waals surface area contributed by atoms with Crippen LogP contribution in [0, 0.1) is 5.92 Å². The summed E-state index contributed by atoms with van der Waals surface area (Å²) in [5.74, 6) is -1.59. The molecule has 0 bridgehead atoms. The first-order chi connectivity index (χ1) is 41.0. The third-order valence-corrected chi connectivity index (χ3v) is 17.3. The zero-order valence-electron chi connectivity index (χ0n) is 45.7. The van der Waals surface area contributed by atoms with Gasteiger partial charge in [0.15, 0.2) is 12.6 Å². The Kier molecular flexibility index (Phi) is 27.4. The fourth-order valence-corrected chi connectivity index (χ4v) is 14.2. The fourth-order valence-electron chi connectivity index (χ4n) is 9.69. The fraction of sp³-hybridized carbons (Fsp3) is 0.886. The molecule has 4 aliphatic rings. The van der Waals surface area contributed by atoms with Crippen LogP contribution in [0.25, 0.3) is 0 Å². The minimum absolute atomic E-state index is 0.169. The Labute approximate surface area is 513 Å². The van der Waals surface area contributed by atoms with Crippen molar-refractivity contribution in [3.8, 4) is 0 Å². The summed E-state index contributed by atoms with van der Waals surface area (Å²) in [6, 6.07) is -4.91. The molecule has 0 aromatic carbocycles. The molecule has 2 aliphatic heterocycles. The standard InChI is InChI=1S/C35H60N4O42S9/c1-3-67-6-7-68-5-4-38-14-22(36-37-38)17-69-24-9-21(16-71-84(46,47)48)33(27(11-24)79-88(58,59)60)75-31-13-28(80-89(61,62)63)35(29(74-31)18-72-85(49,50)51)76-30-12-25(77-86(52,53)54)32(19(2)73-30)39(82(40,41)42)23-8-20(15-70-83(43,44)45)34(81-90(64,65)66)26(10-23)78-87(55,56)57/h8,14,19,21,23-35H,3-7,9-13,15-18H2,1-2H3,(H,40,41,42)(H,43,44,45)(H,46,47,48)(H,49,50,51)(H,52,53,54)(H,55,56,57)(H,58,59,60)(H,61,62,63)(H,64,65,66)/t19-,21-,23+,24-,25-,26-,27-,28-,29-,30-,31-,32-,33-,34?,35+/m1/s1. The van der Waals surface area contributed by atoms with E-state index in [9.17, 15) is 117 Å². The molecular weight excluding hydrogens is 1440 g/mol. The second-order valence-corrected chi connectivity index (χ2v) is 29.0. The van der Waals surface area contributed by atoms with Gasteiger partial charge in [0.1, 0.15) is 48.4 Å². The molecule has 3 heterocycles. The molecular formula is C35H60N4O42S9. The Morgan fingerprint density at radius 1 is 0.556 bits per heavy atom. The smallest absolute Gasteiger partial charge is 0.379 e. The third kappa shape index (κ3) is 27.6. The lowest BCUT2D eigenvalue weighted by atomic mass is 9.82. The number of aromatic nitrogens is 3. The minimum atomic E-state index is -6.09. The molecule has 0 amide bonds. The van der Waals surface area contributed by atoms with Crippen molar-refractivity contribution in [2.75, 3.05) is 46.2 Å². The molecule has 5 rings (SSSR count). The van der Waals surface area contributed by atoms with Gasteiger partial charge in [0.05, 0.1) is 83.3 Å². The highest BCUT2D eigenvalue weighted by Gasteiger charge is 2.55. The highest BCUT2D eigenvalue weighted by Crippen LogP contribution is 2.41. The predicted molar refractivity (Wildman–Crippen MR) is 279 cm³/mol. The van der Waals surface area contributed by atoms with Gasteiger partial charge in [-0.1, -0.05) is 11.3 Å². The monoisotopic (exact) mass is 1500 g/mol. The Bertz CT molecular complexity index is 3670. The van der Waals surface area contributed by atoms with Crippen molar-refractivity contribution in [3.05, 3.63) is 23.5 Å². The van der Waals surface area contributed by atoms with E-state index in [1.165, 1.54) is 10.9 Å². The topological polar surface area (TPSA) is 662 Å². The Balaban J connectivity index is 1.51. The van der Waals surface area contributed by atoms with E-state index >= 15 is 0 Å². The molecule has 2 saturated heterocycles. The summed E-state index contributed by atoms with van der Waals surface area (Å²) in [6.45, 7) is -0.769. The third-order valence-electron chi connectivity index (χ3n) is 12.6. The van der Waals surface area contributed by atoms with Crippen LogP contribution in [0.5, 0.6) is 0 Å². The summed E-state index contributed by atoms with van der Waals surface area (Å²) in [5, 5.41) is 7.88. The number of rotatable bonds is 36. The molecule has 3 fully saturated rings. The highest BCUT2D eigenvalue weighted by molar-refractivity contribution is 7.83. The average Bonchev–Trinajstić information content (AvgIpc) is 0.942. The van der Waals surface area contributed by atoms with E-state index in [0.29, 0.717) is 19.3 Å². The summed E-state index contributed by atoms with van der Waals surface area (Å²) in [6.07, 6.45) is -30.3. The van der Waals surface area contributed by atoms with Crippen LogP contribution >= 0.6 is 0 Å². The van der Waals surface area contributed by atoms with Gasteiger partial charge in [-0.3, -0.25) is 41.0 Å². The summed E-state index contributed by atoms with van der Waals surface area (Å²) in [4.78, 5) is 0. The normalized spacial score (nSPS) is 29.9. The molecule has 1 unspecified atom stereocenters. The SMILES string of the molecule is CCOCCOCCn1cc(CO[C@@H]2C[C@H](COS(=O)(=O)O)[C@@H](O[C@@H]3C[C@@H](OS(=O)(=O)O)[C@H](O[C@@H]4C[C@@H](OS(=O)(=O)O)[C@H](N([C@H]5C=C(COS(=O)(=O)O)C(OS(=O)(=O)O)[C@H](OS(=O)(=O)O)C5)S(=O)(=O)O)[C@@H](C)O4)[C@@H](COS(=O)(=O)O)O3)[C@H](OS(=O)(=O)O)C2)nn1. The first kappa shape index (κ1) is 78.1. The van der Waals surface area contributed by atoms with Crippen molar-refractivity contribution < 1.29 is 183 Å². The number of hydrogen-bond donors (Lipinski definition) is 9. The summed E-state index contributed by atoms with van der Waals surface area (Å²) in [5.41, 5.74) is -0.961. The summed E-state index contributed by atoms with van der Waals surface area (Å²) < 4.78 is 385. The molecule has 46 nitrogen and oxygen atoms in total. The van der Waals surface area contributed by atoms with Crippen LogP contribution < -0.4 is 0 Å².